The smallest absolute Gasteiger partial charge is 0.409 e. The highest BCUT2D eigenvalue weighted by Crippen LogP contribution is 2.38. The molecule has 0 bridgehead atoms. The van der Waals surface area contributed by atoms with Gasteiger partial charge in [0.2, 0.25) is 0 Å². The van der Waals surface area contributed by atoms with Gasteiger partial charge >= 0.3 is 12.1 Å². The standard InChI is InChI=1S/C21H17N3O6/c1-2-21(28)14-7-16-17-11(8-24(16)18(25)13(14)9-29-19(21)26)5-10-6-12(30-20(22)27)3-4-15(10)23-17/h3-7,28H,2,8-9H2,1H3,(H2,22,27)/t21-/m0/s1. The number of pyridine rings is 2. The number of amides is 1. The van der Waals surface area contributed by atoms with Crippen LogP contribution in [0.3, 0.4) is 0 Å². The zero-order chi connectivity index (χ0) is 21.2. The number of nitrogens with two attached hydrogens (primary N) is 1. The van der Waals surface area contributed by atoms with Crippen molar-refractivity contribution in [1.82, 2.24) is 9.55 Å². The van der Waals surface area contributed by atoms with Crippen molar-refractivity contribution in [1.29, 1.82) is 0 Å². The minimum atomic E-state index is -1.86. The van der Waals surface area contributed by atoms with E-state index in [1.54, 1.807) is 35.8 Å². The Morgan fingerprint density at radius 3 is 2.87 bits per heavy atom. The number of hydrogen-bond acceptors (Lipinski definition) is 7. The lowest BCUT2D eigenvalue weighted by molar-refractivity contribution is -0.172. The predicted octanol–water partition coefficient (Wildman–Crippen LogP) is 1.54. The van der Waals surface area contributed by atoms with Gasteiger partial charge in [-0.25, -0.2) is 14.6 Å². The molecule has 0 saturated carbocycles. The molecule has 1 atom stereocenters. The van der Waals surface area contributed by atoms with Crippen LogP contribution in [-0.2, 0) is 28.3 Å². The van der Waals surface area contributed by atoms with Crippen molar-refractivity contribution in [3.05, 3.63) is 57.4 Å². The van der Waals surface area contributed by atoms with E-state index in [0.29, 0.717) is 29.2 Å². The van der Waals surface area contributed by atoms with E-state index in [0.717, 1.165) is 10.9 Å². The Morgan fingerprint density at radius 2 is 2.13 bits per heavy atom. The van der Waals surface area contributed by atoms with Crippen molar-refractivity contribution in [3.8, 4) is 17.1 Å². The summed E-state index contributed by atoms with van der Waals surface area (Å²) >= 11 is 0. The average molecular weight is 407 g/mol. The number of aromatic nitrogens is 2. The first-order valence-electron chi connectivity index (χ1n) is 9.40. The number of primary amides is 1. The first-order chi connectivity index (χ1) is 14.3. The summed E-state index contributed by atoms with van der Waals surface area (Å²) in [7, 11) is 0. The second-order valence-electron chi connectivity index (χ2n) is 7.37. The van der Waals surface area contributed by atoms with Gasteiger partial charge in [-0.3, -0.25) is 4.79 Å². The van der Waals surface area contributed by atoms with Crippen LogP contribution < -0.4 is 16.0 Å². The third kappa shape index (κ3) is 2.45. The van der Waals surface area contributed by atoms with Crippen LogP contribution in [0.2, 0.25) is 0 Å². The molecule has 152 valence electrons. The molecule has 3 aromatic rings. The van der Waals surface area contributed by atoms with Crippen LogP contribution in [0, 0.1) is 0 Å². The molecule has 4 heterocycles. The minimum Gasteiger partial charge on any atom is -0.458 e. The molecule has 1 aromatic carbocycles. The van der Waals surface area contributed by atoms with Crippen LogP contribution in [0.1, 0.15) is 30.0 Å². The number of carbonyl (C=O) groups is 2. The molecule has 5 rings (SSSR count). The molecule has 0 radical (unpaired) electrons. The maximum absolute atomic E-state index is 13.1. The van der Waals surface area contributed by atoms with Crippen LogP contribution in [0.15, 0.2) is 35.1 Å². The molecule has 0 fully saturated rings. The quantitative estimate of drug-likeness (QED) is 0.481. The Balaban J connectivity index is 1.70. The molecule has 0 aliphatic carbocycles. The van der Waals surface area contributed by atoms with Gasteiger partial charge in [-0.15, -0.1) is 0 Å². The molecule has 3 N–H and O–H groups in total. The first kappa shape index (κ1) is 18.3. The van der Waals surface area contributed by atoms with Gasteiger partial charge in [0.05, 0.1) is 29.0 Å². The van der Waals surface area contributed by atoms with E-state index in [1.807, 2.05) is 6.07 Å². The van der Waals surface area contributed by atoms with E-state index >= 15 is 0 Å². The maximum Gasteiger partial charge on any atom is 0.409 e. The summed E-state index contributed by atoms with van der Waals surface area (Å²) in [6, 6.07) is 8.44. The number of ether oxygens (including phenoxy) is 2. The van der Waals surface area contributed by atoms with E-state index in [-0.39, 0.29) is 29.7 Å². The van der Waals surface area contributed by atoms with Crippen molar-refractivity contribution < 1.29 is 24.2 Å². The number of nitrogens with zero attached hydrogens (tertiary/aromatic N) is 2. The zero-order valence-corrected chi connectivity index (χ0v) is 16.0. The van der Waals surface area contributed by atoms with E-state index in [2.05, 4.69) is 4.98 Å². The highest BCUT2D eigenvalue weighted by Gasteiger charge is 2.45. The molecule has 0 saturated heterocycles. The lowest BCUT2D eigenvalue weighted by Crippen LogP contribution is -2.44. The van der Waals surface area contributed by atoms with Gasteiger partial charge in [-0.05, 0) is 36.8 Å². The molecule has 2 aliphatic rings. The van der Waals surface area contributed by atoms with Gasteiger partial charge in [0.25, 0.3) is 5.56 Å². The summed E-state index contributed by atoms with van der Waals surface area (Å²) in [6.07, 6.45) is -0.823. The summed E-state index contributed by atoms with van der Waals surface area (Å²) in [5.74, 6) is -0.461. The molecule has 9 nitrogen and oxygen atoms in total. The van der Waals surface area contributed by atoms with Gasteiger partial charge in [0.1, 0.15) is 12.4 Å². The van der Waals surface area contributed by atoms with Crippen LogP contribution in [0.4, 0.5) is 4.79 Å². The number of hydrogen-bond donors (Lipinski definition) is 2. The Bertz CT molecular complexity index is 1330. The third-order valence-corrected chi connectivity index (χ3v) is 5.70. The van der Waals surface area contributed by atoms with E-state index < -0.39 is 17.7 Å². The van der Waals surface area contributed by atoms with Crippen molar-refractivity contribution in [2.24, 2.45) is 5.73 Å². The SMILES string of the molecule is CC[C@@]1(O)C(=O)OCc2c1cc1n(c2=O)Cc2cc3cc(OC(N)=O)ccc3nc2-1. The van der Waals surface area contributed by atoms with Crippen molar-refractivity contribution >= 4 is 23.0 Å². The fraction of sp³-hybridized carbons (Fsp3) is 0.238. The molecular formula is C21H17N3O6. The molecule has 0 unspecified atom stereocenters. The van der Waals surface area contributed by atoms with E-state index in [4.69, 9.17) is 15.2 Å². The third-order valence-electron chi connectivity index (χ3n) is 5.70. The first-order valence-corrected chi connectivity index (χ1v) is 9.40. The topological polar surface area (TPSA) is 134 Å². The van der Waals surface area contributed by atoms with Gasteiger partial charge in [0.15, 0.2) is 5.60 Å². The van der Waals surface area contributed by atoms with Gasteiger partial charge in [0, 0.05) is 16.5 Å². The fourth-order valence-corrected chi connectivity index (χ4v) is 4.14. The largest absolute Gasteiger partial charge is 0.458 e. The number of fused-ring (bicyclic) bond motifs is 5. The number of rotatable bonds is 2. The predicted molar refractivity (Wildman–Crippen MR) is 105 cm³/mol. The van der Waals surface area contributed by atoms with Gasteiger partial charge in [-0.1, -0.05) is 6.92 Å². The van der Waals surface area contributed by atoms with Crippen LogP contribution in [0.5, 0.6) is 5.75 Å². The number of cyclic esters (lactones) is 1. The van der Waals surface area contributed by atoms with Crippen LogP contribution >= 0.6 is 0 Å². The molecule has 30 heavy (non-hydrogen) atoms. The summed E-state index contributed by atoms with van der Waals surface area (Å²) < 4.78 is 11.5. The van der Waals surface area contributed by atoms with E-state index in [1.165, 1.54) is 0 Å². The minimum absolute atomic E-state index is 0.0857. The normalized spacial score (nSPS) is 19.1. The summed E-state index contributed by atoms with van der Waals surface area (Å²) in [6.45, 7) is 1.78. The number of carbonyl (C=O) groups excluding carboxylic acids is 2. The molecule has 9 heteroatoms. The van der Waals surface area contributed by atoms with Crippen molar-refractivity contribution in [2.75, 3.05) is 0 Å². The Morgan fingerprint density at radius 1 is 1.33 bits per heavy atom. The van der Waals surface area contributed by atoms with Crippen molar-refractivity contribution in [3.63, 3.8) is 0 Å². The molecule has 2 aromatic heterocycles. The van der Waals surface area contributed by atoms with Gasteiger partial charge in [-0.2, -0.15) is 0 Å². The molecule has 0 spiro atoms. The molecular weight excluding hydrogens is 390 g/mol. The number of esters is 1. The van der Waals surface area contributed by atoms with Crippen LogP contribution in [0.25, 0.3) is 22.3 Å². The number of benzene rings is 1. The summed E-state index contributed by atoms with van der Waals surface area (Å²) in [4.78, 5) is 41.0. The lowest BCUT2D eigenvalue weighted by Gasteiger charge is -2.31. The zero-order valence-electron chi connectivity index (χ0n) is 16.0. The second-order valence-corrected chi connectivity index (χ2v) is 7.37. The highest BCUT2D eigenvalue weighted by atomic mass is 16.6. The van der Waals surface area contributed by atoms with E-state index in [9.17, 15) is 19.5 Å². The average Bonchev–Trinajstić information content (AvgIpc) is 3.07. The highest BCUT2D eigenvalue weighted by molar-refractivity contribution is 5.87. The molecule has 1 amide bonds. The Hall–Kier alpha value is -3.72. The Kier molecular flexibility index (Phi) is 3.75. The lowest BCUT2D eigenvalue weighted by atomic mass is 9.86. The second kappa shape index (κ2) is 6.14. The Labute approximate surface area is 169 Å². The molecule has 2 aliphatic heterocycles. The maximum atomic E-state index is 13.1. The summed E-state index contributed by atoms with van der Waals surface area (Å²) in [5, 5.41) is 11.6. The van der Waals surface area contributed by atoms with Crippen molar-refractivity contribution in [2.45, 2.75) is 32.1 Å². The monoisotopic (exact) mass is 407 g/mol. The summed E-state index contributed by atoms with van der Waals surface area (Å²) in [5.41, 5.74) is 6.01. The fourth-order valence-electron chi connectivity index (χ4n) is 4.14. The van der Waals surface area contributed by atoms with Crippen LogP contribution in [-0.4, -0.2) is 26.7 Å². The van der Waals surface area contributed by atoms with Gasteiger partial charge < -0.3 is 24.9 Å². The number of aliphatic hydroxyl groups is 1.